The van der Waals surface area contributed by atoms with Gasteiger partial charge in [0.1, 0.15) is 12.4 Å². The van der Waals surface area contributed by atoms with Crippen LogP contribution in [0.25, 0.3) is 0 Å². The normalized spacial score (nSPS) is 11.9. The first-order valence-corrected chi connectivity index (χ1v) is 5.13. The number of ether oxygens (including phenoxy) is 1. The van der Waals surface area contributed by atoms with Gasteiger partial charge in [0.15, 0.2) is 0 Å². The summed E-state index contributed by atoms with van der Waals surface area (Å²) in [6.45, 7) is 4.08. The van der Waals surface area contributed by atoms with E-state index in [0.717, 1.165) is 11.4 Å². The van der Waals surface area contributed by atoms with Gasteiger partial charge in [-0.15, -0.1) is 0 Å². The number of rotatable bonds is 7. The molecule has 0 saturated heterocycles. The molecular weight excluding hydrogens is 206 g/mol. The van der Waals surface area contributed by atoms with E-state index in [1.165, 1.54) is 0 Å². The minimum atomic E-state index is -0.752. The fourth-order valence-corrected chi connectivity index (χ4v) is 1.15. The van der Waals surface area contributed by atoms with Gasteiger partial charge in [-0.25, -0.2) is 0 Å². The van der Waals surface area contributed by atoms with Gasteiger partial charge in [-0.3, -0.25) is 0 Å². The molecule has 0 aliphatic heterocycles. The van der Waals surface area contributed by atoms with Gasteiger partial charge in [0, 0.05) is 18.3 Å². The Hall–Kier alpha value is -1.52. The van der Waals surface area contributed by atoms with Crippen LogP contribution in [-0.4, -0.2) is 36.1 Å². The fourth-order valence-electron chi connectivity index (χ4n) is 1.15. The molecule has 1 aromatic rings. The van der Waals surface area contributed by atoms with Crippen molar-refractivity contribution >= 4 is 5.69 Å². The number of hydrogen-bond acceptors (Lipinski definition) is 4. The average Bonchev–Trinajstić information content (AvgIpc) is 2.34. The van der Waals surface area contributed by atoms with Crippen molar-refractivity contribution < 1.29 is 14.9 Å². The minimum Gasteiger partial charge on any atom is -0.489 e. The van der Waals surface area contributed by atoms with Crippen molar-refractivity contribution in [3.05, 3.63) is 36.9 Å². The molecule has 1 atom stereocenters. The van der Waals surface area contributed by atoms with E-state index < -0.39 is 6.10 Å². The van der Waals surface area contributed by atoms with Crippen LogP contribution in [0.1, 0.15) is 0 Å². The van der Waals surface area contributed by atoms with Crippen LogP contribution in [0.4, 0.5) is 5.69 Å². The Morgan fingerprint density at radius 1 is 1.50 bits per heavy atom. The minimum absolute atomic E-state index is 0.250. The van der Waals surface area contributed by atoms with Crippen molar-refractivity contribution in [3.8, 4) is 5.75 Å². The maximum atomic E-state index is 9.17. The zero-order valence-electron chi connectivity index (χ0n) is 9.10. The molecule has 4 nitrogen and oxygen atoms in total. The van der Waals surface area contributed by atoms with Gasteiger partial charge in [-0.05, 0) is 12.1 Å². The summed E-state index contributed by atoms with van der Waals surface area (Å²) >= 11 is 0. The summed E-state index contributed by atoms with van der Waals surface area (Å²) in [6, 6.07) is 7.39. The highest BCUT2D eigenvalue weighted by atomic mass is 16.5. The molecule has 1 unspecified atom stereocenters. The highest BCUT2D eigenvalue weighted by Crippen LogP contribution is 2.17. The largest absolute Gasteiger partial charge is 0.489 e. The van der Waals surface area contributed by atoms with Crippen molar-refractivity contribution in [1.29, 1.82) is 0 Å². The first kappa shape index (κ1) is 12.5. The van der Waals surface area contributed by atoms with Crippen LogP contribution >= 0.6 is 0 Å². The van der Waals surface area contributed by atoms with E-state index in [-0.39, 0.29) is 6.61 Å². The summed E-state index contributed by atoms with van der Waals surface area (Å²) in [4.78, 5) is 0. The van der Waals surface area contributed by atoms with Crippen LogP contribution in [0, 0.1) is 0 Å². The lowest BCUT2D eigenvalue weighted by molar-refractivity contribution is 0.105. The molecule has 0 fully saturated rings. The van der Waals surface area contributed by atoms with E-state index in [9.17, 15) is 5.11 Å². The maximum absolute atomic E-state index is 9.17. The first-order chi connectivity index (χ1) is 7.76. The second-order valence-corrected chi connectivity index (χ2v) is 3.34. The number of aliphatic hydroxyl groups is 2. The van der Waals surface area contributed by atoms with Gasteiger partial charge >= 0.3 is 0 Å². The quantitative estimate of drug-likeness (QED) is 0.604. The number of anilines is 1. The second kappa shape index (κ2) is 6.87. The number of aliphatic hydroxyl groups excluding tert-OH is 2. The number of benzene rings is 1. The smallest absolute Gasteiger partial charge is 0.121 e. The molecule has 3 N–H and O–H groups in total. The Morgan fingerprint density at radius 3 is 3.00 bits per heavy atom. The molecule has 0 bridgehead atoms. The van der Waals surface area contributed by atoms with Crippen molar-refractivity contribution in [2.75, 3.05) is 25.1 Å². The van der Waals surface area contributed by atoms with Crippen LogP contribution in [-0.2, 0) is 0 Å². The molecule has 0 amide bonds. The maximum Gasteiger partial charge on any atom is 0.121 e. The van der Waals surface area contributed by atoms with E-state index in [1.807, 2.05) is 24.3 Å². The summed E-state index contributed by atoms with van der Waals surface area (Å²) in [5.41, 5.74) is 0.842. The fraction of sp³-hybridized carbons (Fsp3) is 0.333. The standard InChI is InChI=1S/C12H17NO3/c1-2-6-16-12-5-3-4-10(7-12)13-8-11(15)9-14/h2-5,7,11,13-15H,1,6,8-9H2. The van der Waals surface area contributed by atoms with Crippen LogP contribution in [0.2, 0.25) is 0 Å². The molecule has 16 heavy (non-hydrogen) atoms. The summed E-state index contributed by atoms with van der Waals surface area (Å²) in [5, 5.41) is 20.8. The Bertz CT molecular complexity index is 328. The zero-order valence-corrected chi connectivity index (χ0v) is 9.10. The Balaban J connectivity index is 2.49. The molecule has 0 aliphatic carbocycles. The van der Waals surface area contributed by atoms with Crippen molar-refractivity contribution in [1.82, 2.24) is 0 Å². The van der Waals surface area contributed by atoms with Crippen LogP contribution in [0.3, 0.4) is 0 Å². The second-order valence-electron chi connectivity index (χ2n) is 3.34. The van der Waals surface area contributed by atoms with Gasteiger partial charge in [-0.2, -0.15) is 0 Å². The van der Waals surface area contributed by atoms with Gasteiger partial charge in [0.2, 0.25) is 0 Å². The third kappa shape index (κ3) is 4.33. The Morgan fingerprint density at radius 2 is 2.31 bits per heavy atom. The molecule has 0 radical (unpaired) electrons. The highest BCUT2D eigenvalue weighted by molar-refractivity contribution is 5.48. The van der Waals surface area contributed by atoms with E-state index in [0.29, 0.717) is 13.2 Å². The summed E-state index contributed by atoms with van der Waals surface area (Å²) in [6.07, 6.45) is 0.924. The predicted octanol–water partition coefficient (Wildman–Crippen LogP) is 1.02. The molecule has 1 aromatic carbocycles. The lowest BCUT2D eigenvalue weighted by Crippen LogP contribution is -2.22. The summed E-state index contributed by atoms with van der Waals surface area (Å²) in [7, 11) is 0. The van der Waals surface area contributed by atoms with Gasteiger partial charge < -0.3 is 20.3 Å². The van der Waals surface area contributed by atoms with E-state index >= 15 is 0 Å². The van der Waals surface area contributed by atoms with Crippen LogP contribution < -0.4 is 10.1 Å². The number of hydrogen-bond donors (Lipinski definition) is 3. The molecule has 4 heteroatoms. The Labute approximate surface area is 95.2 Å². The zero-order chi connectivity index (χ0) is 11.8. The van der Waals surface area contributed by atoms with Crippen LogP contribution in [0.15, 0.2) is 36.9 Å². The van der Waals surface area contributed by atoms with Gasteiger partial charge in [0.25, 0.3) is 0 Å². The molecule has 88 valence electrons. The van der Waals surface area contributed by atoms with Crippen molar-refractivity contribution in [2.24, 2.45) is 0 Å². The van der Waals surface area contributed by atoms with Gasteiger partial charge in [-0.1, -0.05) is 18.7 Å². The molecule has 0 saturated carbocycles. The van der Waals surface area contributed by atoms with Crippen molar-refractivity contribution in [3.63, 3.8) is 0 Å². The topological polar surface area (TPSA) is 61.7 Å². The lowest BCUT2D eigenvalue weighted by atomic mass is 10.3. The monoisotopic (exact) mass is 223 g/mol. The molecule has 0 aromatic heterocycles. The van der Waals surface area contributed by atoms with Gasteiger partial charge in [0.05, 0.1) is 12.7 Å². The summed E-state index contributed by atoms with van der Waals surface area (Å²) < 4.78 is 5.36. The van der Waals surface area contributed by atoms with Crippen molar-refractivity contribution in [2.45, 2.75) is 6.10 Å². The average molecular weight is 223 g/mol. The van der Waals surface area contributed by atoms with E-state index in [4.69, 9.17) is 9.84 Å². The molecule has 0 spiro atoms. The third-order valence-electron chi connectivity index (χ3n) is 1.95. The molecule has 0 aliphatic rings. The SMILES string of the molecule is C=CCOc1cccc(NCC(O)CO)c1. The molecular formula is C12H17NO3. The number of nitrogens with one attached hydrogen (secondary N) is 1. The van der Waals surface area contributed by atoms with E-state index in [2.05, 4.69) is 11.9 Å². The molecule has 1 rings (SSSR count). The third-order valence-corrected chi connectivity index (χ3v) is 1.95. The lowest BCUT2D eigenvalue weighted by Gasteiger charge is -2.11. The van der Waals surface area contributed by atoms with E-state index in [1.54, 1.807) is 6.08 Å². The molecule has 0 heterocycles. The summed E-state index contributed by atoms with van der Waals surface area (Å²) in [5.74, 6) is 0.739. The highest BCUT2D eigenvalue weighted by Gasteiger charge is 2.01. The predicted molar refractivity (Wildman–Crippen MR) is 63.7 cm³/mol. The Kier molecular flexibility index (Phi) is 5.39. The first-order valence-electron chi connectivity index (χ1n) is 5.13. The van der Waals surface area contributed by atoms with Crippen LogP contribution in [0.5, 0.6) is 5.75 Å².